The molecule has 4 N–H and O–H groups in total. The number of rotatable bonds is 8. The van der Waals surface area contributed by atoms with E-state index >= 15 is 0 Å². The molecule has 0 atom stereocenters. The van der Waals surface area contributed by atoms with Crippen LogP contribution in [0.1, 0.15) is 15.9 Å². The minimum Gasteiger partial charge on any atom is -0.497 e. The van der Waals surface area contributed by atoms with Crippen molar-refractivity contribution in [2.75, 3.05) is 33.8 Å². The number of aromatic amines is 1. The first-order valence-corrected chi connectivity index (χ1v) is 9.73. The van der Waals surface area contributed by atoms with Gasteiger partial charge < -0.3 is 25.7 Å². The van der Waals surface area contributed by atoms with E-state index in [4.69, 9.17) is 4.74 Å². The average Bonchev–Trinajstić information content (AvgIpc) is 3.17. The Morgan fingerprint density at radius 2 is 1.80 bits per heavy atom. The molecular formula is C22H26FN5O2. The van der Waals surface area contributed by atoms with Crippen molar-refractivity contribution in [3.63, 3.8) is 0 Å². The molecule has 2 aromatic carbocycles. The Balaban J connectivity index is 1.38. The lowest BCUT2D eigenvalue weighted by atomic mass is 10.1. The first-order valence-electron chi connectivity index (χ1n) is 9.73. The maximum absolute atomic E-state index is 13.3. The van der Waals surface area contributed by atoms with Gasteiger partial charge in [-0.2, -0.15) is 0 Å². The molecule has 0 aliphatic rings. The standard InChI is InChI=1S/C22H26FN5O2/c1-24-22(26-10-9-16-14-28-20-13-17(23)5-8-19(16)20)27-12-11-25-21(29)15-3-6-18(30-2)7-4-15/h3-8,13-14,28H,9-12H2,1-2H3,(H,25,29)(H2,24,26,27). The third-order valence-electron chi connectivity index (χ3n) is 4.70. The first kappa shape index (κ1) is 21.2. The number of carbonyl (C=O) groups is 1. The molecule has 0 unspecified atom stereocenters. The Bertz CT molecular complexity index is 1010. The Morgan fingerprint density at radius 3 is 2.53 bits per heavy atom. The number of fused-ring (bicyclic) bond motifs is 1. The van der Waals surface area contributed by atoms with E-state index < -0.39 is 0 Å². The number of hydrogen-bond acceptors (Lipinski definition) is 3. The highest BCUT2D eigenvalue weighted by Crippen LogP contribution is 2.19. The summed E-state index contributed by atoms with van der Waals surface area (Å²) in [6.45, 7) is 1.66. The molecule has 3 aromatic rings. The summed E-state index contributed by atoms with van der Waals surface area (Å²) in [5.74, 6) is 0.971. The van der Waals surface area contributed by atoms with E-state index in [2.05, 4.69) is 25.9 Å². The van der Waals surface area contributed by atoms with Gasteiger partial charge >= 0.3 is 0 Å². The normalized spacial score (nSPS) is 11.4. The summed E-state index contributed by atoms with van der Waals surface area (Å²) >= 11 is 0. The molecule has 1 heterocycles. The van der Waals surface area contributed by atoms with Gasteiger partial charge in [0.2, 0.25) is 0 Å². The van der Waals surface area contributed by atoms with Crippen molar-refractivity contribution in [3.05, 3.63) is 65.6 Å². The SMILES string of the molecule is CN=C(NCCNC(=O)c1ccc(OC)cc1)NCCc1c[nH]c2cc(F)ccc12. The number of methoxy groups -OCH3 is 1. The third-order valence-corrected chi connectivity index (χ3v) is 4.70. The van der Waals surface area contributed by atoms with Crippen LogP contribution in [0.3, 0.4) is 0 Å². The molecule has 1 aromatic heterocycles. The number of hydrogen-bond donors (Lipinski definition) is 4. The van der Waals surface area contributed by atoms with Crippen LogP contribution < -0.4 is 20.7 Å². The predicted molar refractivity (Wildman–Crippen MR) is 117 cm³/mol. The number of H-pyrrole nitrogens is 1. The van der Waals surface area contributed by atoms with E-state index in [1.165, 1.54) is 12.1 Å². The molecule has 3 rings (SSSR count). The van der Waals surface area contributed by atoms with E-state index in [0.717, 1.165) is 22.9 Å². The number of ether oxygens (including phenoxy) is 1. The van der Waals surface area contributed by atoms with Crippen molar-refractivity contribution >= 4 is 22.8 Å². The maximum atomic E-state index is 13.3. The highest BCUT2D eigenvalue weighted by molar-refractivity contribution is 5.94. The number of nitrogens with zero attached hydrogens (tertiary/aromatic N) is 1. The Kier molecular flexibility index (Phi) is 7.26. The number of aromatic nitrogens is 1. The molecule has 0 radical (unpaired) electrons. The Labute approximate surface area is 174 Å². The molecule has 158 valence electrons. The Hall–Kier alpha value is -3.55. The van der Waals surface area contributed by atoms with Crippen molar-refractivity contribution in [2.45, 2.75) is 6.42 Å². The number of benzene rings is 2. The van der Waals surface area contributed by atoms with Crippen LogP contribution in [0.4, 0.5) is 4.39 Å². The van der Waals surface area contributed by atoms with Gasteiger partial charge in [0.1, 0.15) is 11.6 Å². The highest BCUT2D eigenvalue weighted by Gasteiger charge is 2.06. The van der Waals surface area contributed by atoms with Crippen molar-refractivity contribution < 1.29 is 13.9 Å². The van der Waals surface area contributed by atoms with Crippen LogP contribution in [-0.4, -0.2) is 50.6 Å². The van der Waals surface area contributed by atoms with E-state index in [-0.39, 0.29) is 11.7 Å². The molecule has 0 fully saturated rings. The lowest BCUT2D eigenvalue weighted by Crippen LogP contribution is -2.42. The van der Waals surface area contributed by atoms with Gasteiger partial charge in [-0.25, -0.2) is 4.39 Å². The fourth-order valence-electron chi connectivity index (χ4n) is 3.10. The maximum Gasteiger partial charge on any atom is 0.251 e. The van der Waals surface area contributed by atoms with E-state index in [9.17, 15) is 9.18 Å². The van der Waals surface area contributed by atoms with E-state index in [0.29, 0.717) is 36.9 Å². The van der Waals surface area contributed by atoms with Gasteiger partial charge in [-0.05, 0) is 54.4 Å². The summed E-state index contributed by atoms with van der Waals surface area (Å²) in [7, 11) is 3.28. The summed E-state index contributed by atoms with van der Waals surface area (Å²) in [5, 5.41) is 10.3. The molecule has 0 aliphatic heterocycles. The van der Waals surface area contributed by atoms with Gasteiger partial charge in [0, 0.05) is 49.3 Å². The van der Waals surface area contributed by atoms with Crippen LogP contribution in [0.15, 0.2) is 53.7 Å². The summed E-state index contributed by atoms with van der Waals surface area (Å²) in [4.78, 5) is 19.4. The number of halogens is 1. The smallest absolute Gasteiger partial charge is 0.251 e. The number of aliphatic imine (C=N–C) groups is 1. The van der Waals surface area contributed by atoms with Crippen LogP contribution >= 0.6 is 0 Å². The lowest BCUT2D eigenvalue weighted by molar-refractivity contribution is 0.0954. The molecule has 0 aliphatic carbocycles. The largest absolute Gasteiger partial charge is 0.497 e. The number of amides is 1. The number of nitrogens with one attached hydrogen (secondary N) is 4. The van der Waals surface area contributed by atoms with Gasteiger partial charge in [0.05, 0.1) is 7.11 Å². The molecule has 30 heavy (non-hydrogen) atoms. The average molecular weight is 411 g/mol. The molecule has 0 saturated carbocycles. The summed E-state index contributed by atoms with van der Waals surface area (Å²) in [6, 6.07) is 11.7. The van der Waals surface area contributed by atoms with Crippen molar-refractivity contribution in [1.82, 2.24) is 20.9 Å². The van der Waals surface area contributed by atoms with E-state index in [1.54, 1.807) is 44.5 Å². The Morgan fingerprint density at radius 1 is 1.07 bits per heavy atom. The monoisotopic (exact) mass is 411 g/mol. The zero-order valence-electron chi connectivity index (χ0n) is 17.1. The minimum absolute atomic E-state index is 0.141. The number of carbonyl (C=O) groups excluding carboxylic acids is 1. The van der Waals surface area contributed by atoms with Gasteiger partial charge in [-0.1, -0.05) is 0 Å². The van der Waals surface area contributed by atoms with Crippen molar-refractivity contribution in [1.29, 1.82) is 0 Å². The fraction of sp³-hybridized carbons (Fsp3) is 0.273. The second kappa shape index (κ2) is 10.3. The van der Waals surface area contributed by atoms with Crippen molar-refractivity contribution in [3.8, 4) is 5.75 Å². The minimum atomic E-state index is -0.252. The highest BCUT2D eigenvalue weighted by atomic mass is 19.1. The van der Waals surface area contributed by atoms with Gasteiger partial charge in [0.25, 0.3) is 5.91 Å². The van der Waals surface area contributed by atoms with Crippen LogP contribution in [0.5, 0.6) is 5.75 Å². The fourth-order valence-corrected chi connectivity index (χ4v) is 3.10. The molecular weight excluding hydrogens is 385 g/mol. The van der Waals surface area contributed by atoms with Crippen LogP contribution in [0, 0.1) is 5.82 Å². The zero-order valence-corrected chi connectivity index (χ0v) is 17.1. The molecule has 0 bridgehead atoms. The van der Waals surface area contributed by atoms with Gasteiger partial charge in [-0.3, -0.25) is 9.79 Å². The topological polar surface area (TPSA) is 90.5 Å². The third kappa shape index (κ3) is 5.50. The summed E-state index contributed by atoms with van der Waals surface area (Å²) < 4.78 is 18.4. The predicted octanol–water partition coefficient (Wildman–Crippen LogP) is 2.45. The van der Waals surface area contributed by atoms with Crippen LogP contribution in [0.2, 0.25) is 0 Å². The molecule has 1 amide bonds. The molecule has 8 heteroatoms. The summed E-state index contributed by atoms with van der Waals surface area (Å²) in [6.07, 6.45) is 2.66. The first-order chi connectivity index (χ1) is 14.6. The second-order valence-corrected chi connectivity index (χ2v) is 6.66. The second-order valence-electron chi connectivity index (χ2n) is 6.66. The zero-order chi connectivity index (χ0) is 21.3. The van der Waals surface area contributed by atoms with Gasteiger partial charge in [0.15, 0.2) is 5.96 Å². The lowest BCUT2D eigenvalue weighted by Gasteiger charge is -2.12. The number of guanidine groups is 1. The quantitative estimate of drug-likeness (QED) is 0.260. The van der Waals surface area contributed by atoms with Crippen molar-refractivity contribution in [2.24, 2.45) is 4.99 Å². The van der Waals surface area contributed by atoms with E-state index in [1.807, 2.05) is 6.20 Å². The summed E-state index contributed by atoms with van der Waals surface area (Å²) in [5.41, 5.74) is 2.48. The molecule has 0 saturated heterocycles. The molecule has 7 nitrogen and oxygen atoms in total. The molecule has 0 spiro atoms. The van der Waals surface area contributed by atoms with Crippen LogP contribution in [0.25, 0.3) is 10.9 Å². The van der Waals surface area contributed by atoms with Crippen LogP contribution in [-0.2, 0) is 6.42 Å². The van der Waals surface area contributed by atoms with Gasteiger partial charge in [-0.15, -0.1) is 0 Å².